The van der Waals surface area contributed by atoms with Crippen molar-refractivity contribution in [1.82, 2.24) is 9.97 Å². The minimum absolute atomic E-state index is 0.0899. The van der Waals surface area contributed by atoms with Crippen LogP contribution in [-0.2, 0) is 4.74 Å². The van der Waals surface area contributed by atoms with Crippen LogP contribution in [0.2, 0.25) is 5.02 Å². The first-order valence-electron chi connectivity index (χ1n) is 4.90. The second-order valence-corrected chi connectivity index (χ2v) is 3.84. The zero-order valence-corrected chi connectivity index (χ0v) is 8.91. The molecule has 0 N–H and O–H groups in total. The summed E-state index contributed by atoms with van der Waals surface area (Å²) in [6.07, 6.45) is 5.04. The minimum atomic E-state index is -0.0899. The highest BCUT2D eigenvalue weighted by molar-refractivity contribution is 6.31. The van der Waals surface area contributed by atoms with Gasteiger partial charge in [-0.3, -0.25) is 4.79 Å². The molecule has 0 spiro atoms. The van der Waals surface area contributed by atoms with E-state index in [2.05, 4.69) is 9.97 Å². The molecule has 0 aliphatic carbocycles. The Morgan fingerprint density at radius 1 is 1.53 bits per heavy atom. The Kier molecular flexibility index (Phi) is 3.28. The van der Waals surface area contributed by atoms with Crippen LogP contribution < -0.4 is 0 Å². The molecule has 4 nitrogen and oxygen atoms in total. The molecule has 0 amide bonds. The molecule has 0 radical (unpaired) electrons. The fraction of sp³-hybridized carbons (Fsp3) is 0.500. The van der Waals surface area contributed by atoms with Gasteiger partial charge in [-0.2, -0.15) is 0 Å². The van der Waals surface area contributed by atoms with Crippen LogP contribution in [0, 0.1) is 0 Å². The zero-order valence-electron chi connectivity index (χ0n) is 8.15. The van der Waals surface area contributed by atoms with Crippen molar-refractivity contribution in [2.75, 3.05) is 6.61 Å². The lowest BCUT2D eigenvalue weighted by Gasteiger charge is -2.22. The molecule has 1 aromatic heterocycles. The normalized spacial score (nSPS) is 21.3. The van der Waals surface area contributed by atoms with E-state index < -0.39 is 0 Å². The van der Waals surface area contributed by atoms with Gasteiger partial charge in [0.1, 0.15) is 6.10 Å². The van der Waals surface area contributed by atoms with Crippen molar-refractivity contribution >= 4 is 17.9 Å². The Bertz CT molecular complexity index is 364. The summed E-state index contributed by atoms with van der Waals surface area (Å²) in [5.74, 6) is 0.156. The van der Waals surface area contributed by atoms with Crippen molar-refractivity contribution in [3.63, 3.8) is 0 Å². The first-order chi connectivity index (χ1) is 7.31. The van der Waals surface area contributed by atoms with Gasteiger partial charge in [-0.25, -0.2) is 9.97 Å². The van der Waals surface area contributed by atoms with Crippen LogP contribution >= 0.6 is 11.6 Å². The lowest BCUT2D eigenvalue weighted by Crippen LogP contribution is -2.14. The summed E-state index contributed by atoms with van der Waals surface area (Å²) >= 11 is 5.97. The Hall–Kier alpha value is -1.00. The molecular weight excluding hydrogens is 216 g/mol. The fourth-order valence-corrected chi connectivity index (χ4v) is 1.85. The third kappa shape index (κ3) is 2.33. The number of ether oxygens (including phenoxy) is 1. The smallest absolute Gasteiger partial charge is 0.193 e. The van der Waals surface area contributed by atoms with E-state index in [-0.39, 0.29) is 11.9 Å². The largest absolute Gasteiger partial charge is 0.372 e. The van der Waals surface area contributed by atoms with Gasteiger partial charge in [-0.15, -0.1) is 0 Å². The van der Waals surface area contributed by atoms with Gasteiger partial charge in [-0.05, 0) is 19.3 Å². The summed E-state index contributed by atoms with van der Waals surface area (Å²) in [5.41, 5.74) is 0.633. The number of halogens is 1. The van der Waals surface area contributed by atoms with Crippen molar-refractivity contribution in [3.8, 4) is 0 Å². The van der Waals surface area contributed by atoms with Gasteiger partial charge in [0.2, 0.25) is 0 Å². The highest BCUT2D eigenvalue weighted by Crippen LogP contribution is 2.30. The Labute approximate surface area is 92.6 Å². The predicted octanol–water partition coefficient (Wildman–Crippen LogP) is 2.18. The number of hydrogen-bond donors (Lipinski definition) is 0. The average molecular weight is 227 g/mol. The first kappa shape index (κ1) is 10.5. The summed E-state index contributed by atoms with van der Waals surface area (Å²) in [5, 5.41) is 0.465. The van der Waals surface area contributed by atoms with Crippen molar-refractivity contribution in [2.24, 2.45) is 0 Å². The van der Waals surface area contributed by atoms with Gasteiger partial charge >= 0.3 is 0 Å². The molecule has 0 saturated carbocycles. The van der Waals surface area contributed by atoms with E-state index in [4.69, 9.17) is 16.3 Å². The number of rotatable bonds is 2. The number of aromatic nitrogens is 2. The summed E-state index contributed by atoms with van der Waals surface area (Å²) in [4.78, 5) is 18.4. The molecular formula is C10H11ClN2O2. The van der Waals surface area contributed by atoms with Gasteiger partial charge in [-0.1, -0.05) is 11.6 Å². The molecule has 1 atom stereocenters. The fourth-order valence-electron chi connectivity index (χ4n) is 1.63. The highest BCUT2D eigenvalue weighted by Gasteiger charge is 2.20. The quantitative estimate of drug-likeness (QED) is 0.726. The van der Waals surface area contributed by atoms with E-state index >= 15 is 0 Å². The van der Waals surface area contributed by atoms with Crippen LogP contribution in [0.1, 0.15) is 41.7 Å². The SMILES string of the molecule is O=Cc1ncc(Cl)c(C2CCCCO2)n1. The summed E-state index contributed by atoms with van der Waals surface area (Å²) in [6.45, 7) is 0.724. The second-order valence-electron chi connectivity index (χ2n) is 3.43. The van der Waals surface area contributed by atoms with Crippen molar-refractivity contribution < 1.29 is 9.53 Å². The Balaban J connectivity index is 2.28. The molecule has 1 fully saturated rings. The molecule has 0 aromatic carbocycles. The number of carbonyl (C=O) groups excluding carboxylic acids is 1. The average Bonchev–Trinajstić information content (AvgIpc) is 2.31. The van der Waals surface area contributed by atoms with E-state index in [0.717, 1.165) is 25.9 Å². The Morgan fingerprint density at radius 3 is 3.07 bits per heavy atom. The molecule has 1 aliphatic heterocycles. The van der Waals surface area contributed by atoms with E-state index in [0.29, 0.717) is 17.0 Å². The third-order valence-corrected chi connectivity index (χ3v) is 2.67. The summed E-state index contributed by atoms with van der Waals surface area (Å²) in [6, 6.07) is 0. The van der Waals surface area contributed by atoms with E-state index in [1.807, 2.05) is 0 Å². The van der Waals surface area contributed by atoms with Crippen LogP contribution in [0.3, 0.4) is 0 Å². The van der Waals surface area contributed by atoms with Crippen molar-refractivity contribution in [2.45, 2.75) is 25.4 Å². The van der Waals surface area contributed by atoms with E-state index in [1.165, 1.54) is 6.20 Å². The lowest BCUT2D eigenvalue weighted by atomic mass is 10.1. The maximum Gasteiger partial charge on any atom is 0.193 e. The molecule has 2 rings (SSSR count). The maximum absolute atomic E-state index is 10.5. The molecule has 1 saturated heterocycles. The maximum atomic E-state index is 10.5. The molecule has 1 aromatic rings. The van der Waals surface area contributed by atoms with E-state index in [9.17, 15) is 4.79 Å². The van der Waals surface area contributed by atoms with Gasteiger partial charge < -0.3 is 4.74 Å². The number of carbonyl (C=O) groups is 1. The summed E-state index contributed by atoms with van der Waals surface area (Å²) < 4.78 is 5.55. The first-order valence-corrected chi connectivity index (χ1v) is 5.28. The van der Waals surface area contributed by atoms with Gasteiger partial charge in [0.05, 0.1) is 16.9 Å². The van der Waals surface area contributed by atoms with Crippen molar-refractivity contribution in [1.29, 1.82) is 0 Å². The van der Waals surface area contributed by atoms with Gasteiger partial charge in [0.15, 0.2) is 12.1 Å². The number of aldehydes is 1. The predicted molar refractivity (Wildman–Crippen MR) is 55.0 cm³/mol. The van der Waals surface area contributed by atoms with Crippen LogP contribution in [-0.4, -0.2) is 22.9 Å². The highest BCUT2D eigenvalue weighted by atomic mass is 35.5. The van der Waals surface area contributed by atoms with Gasteiger partial charge in [0, 0.05) is 6.61 Å². The second kappa shape index (κ2) is 4.68. The molecule has 1 unspecified atom stereocenters. The van der Waals surface area contributed by atoms with E-state index in [1.54, 1.807) is 0 Å². The van der Waals surface area contributed by atoms with Crippen LogP contribution in [0.5, 0.6) is 0 Å². The topological polar surface area (TPSA) is 52.1 Å². The van der Waals surface area contributed by atoms with Crippen LogP contribution in [0.4, 0.5) is 0 Å². The molecule has 5 heteroatoms. The Morgan fingerprint density at radius 2 is 2.40 bits per heavy atom. The van der Waals surface area contributed by atoms with Crippen LogP contribution in [0.15, 0.2) is 6.20 Å². The molecule has 15 heavy (non-hydrogen) atoms. The third-order valence-electron chi connectivity index (χ3n) is 2.38. The molecule has 2 heterocycles. The molecule has 1 aliphatic rings. The summed E-state index contributed by atoms with van der Waals surface area (Å²) in [7, 11) is 0. The van der Waals surface area contributed by atoms with Crippen molar-refractivity contribution in [3.05, 3.63) is 22.7 Å². The standard InChI is InChI=1S/C10H11ClN2O2/c11-7-5-12-9(6-14)13-10(7)8-3-1-2-4-15-8/h5-6,8H,1-4H2. The van der Waals surface area contributed by atoms with Gasteiger partial charge in [0.25, 0.3) is 0 Å². The molecule has 0 bridgehead atoms. The number of nitrogens with zero attached hydrogens (tertiary/aromatic N) is 2. The minimum Gasteiger partial charge on any atom is -0.372 e. The molecule has 80 valence electrons. The number of hydrogen-bond acceptors (Lipinski definition) is 4. The van der Waals surface area contributed by atoms with Crippen LogP contribution in [0.25, 0.3) is 0 Å². The lowest BCUT2D eigenvalue weighted by molar-refractivity contribution is 0.0122. The monoisotopic (exact) mass is 226 g/mol. The zero-order chi connectivity index (χ0) is 10.7.